The number of phenols is 1. The molecule has 1 aromatic rings. The van der Waals surface area contributed by atoms with Crippen LogP contribution in [0.2, 0.25) is 0 Å². The number of phenolic OH excluding ortho intramolecular Hbond substituents is 1. The van der Waals surface area contributed by atoms with Gasteiger partial charge in [0, 0.05) is 11.6 Å². The van der Waals surface area contributed by atoms with Crippen LogP contribution in [0.3, 0.4) is 0 Å². The highest BCUT2D eigenvalue weighted by Gasteiger charge is 2.37. The lowest BCUT2D eigenvalue weighted by Crippen LogP contribution is -2.52. The van der Waals surface area contributed by atoms with Crippen molar-refractivity contribution in [3.05, 3.63) is 33.9 Å². The van der Waals surface area contributed by atoms with E-state index in [1.807, 2.05) is 6.92 Å². The van der Waals surface area contributed by atoms with Gasteiger partial charge in [0.25, 0.3) is 5.91 Å². The third-order valence-corrected chi connectivity index (χ3v) is 3.82. The monoisotopic (exact) mass is 264 g/mol. The number of hydrogen-bond donors (Lipinski definition) is 2. The van der Waals surface area contributed by atoms with Crippen molar-refractivity contribution in [1.29, 1.82) is 0 Å². The molecule has 1 aliphatic rings. The Morgan fingerprint density at radius 1 is 1.53 bits per heavy atom. The number of nitrogens with one attached hydrogen (secondary N) is 1. The summed E-state index contributed by atoms with van der Waals surface area (Å²) in [6.07, 6.45) is 3.69. The Morgan fingerprint density at radius 2 is 2.21 bits per heavy atom. The first-order valence-corrected chi connectivity index (χ1v) is 6.28. The number of hydrogen-bond acceptors (Lipinski definition) is 4. The van der Waals surface area contributed by atoms with Gasteiger partial charge in [-0.1, -0.05) is 13.0 Å². The van der Waals surface area contributed by atoms with Crippen LogP contribution in [0.1, 0.15) is 43.0 Å². The van der Waals surface area contributed by atoms with Gasteiger partial charge in [0.1, 0.15) is 0 Å². The van der Waals surface area contributed by atoms with Crippen LogP contribution in [0.15, 0.2) is 18.2 Å². The van der Waals surface area contributed by atoms with E-state index in [9.17, 15) is 20.0 Å². The average molecular weight is 264 g/mol. The van der Waals surface area contributed by atoms with Crippen LogP contribution >= 0.6 is 0 Å². The number of nitrogens with zero attached hydrogens (tertiary/aromatic N) is 1. The second kappa shape index (κ2) is 4.87. The highest BCUT2D eigenvalue weighted by atomic mass is 16.6. The number of para-hydroxylation sites is 1. The molecule has 0 spiro atoms. The average Bonchev–Trinajstić information content (AvgIpc) is 2.33. The molecular formula is C13H16N2O4. The molecule has 0 aromatic heterocycles. The molecule has 6 heteroatoms. The molecule has 2 N–H and O–H groups in total. The number of carbonyl (C=O) groups is 1. The van der Waals surface area contributed by atoms with E-state index in [0.717, 1.165) is 25.7 Å². The van der Waals surface area contributed by atoms with Gasteiger partial charge in [-0.05, 0) is 31.7 Å². The molecule has 0 atom stereocenters. The van der Waals surface area contributed by atoms with Crippen LogP contribution in [-0.4, -0.2) is 21.5 Å². The number of aromatic hydroxyl groups is 1. The molecule has 0 saturated heterocycles. The molecule has 2 rings (SSSR count). The van der Waals surface area contributed by atoms with Gasteiger partial charge in [-0.2, -0.15) is 0 Å². The molecule has 102 valence electrons. The van der Waals surface area contributed by atoms with E-state index >= 15 is 0 Å². The maximum absolute atomic E-state index is 12.1. The van der Waals surface area contributed by atoms with Crippen LogP contribution in [-0.2, 0) is 0 Å². The third-order valence-electron chi connectivity index (χ3n) is 3.82. The summed E-state index contributed by atoms with van der Waals surface area (Å²) in [6, 6.07) is 3.96. The van der Waals surface area contributed by atoms with Crippen molar-refractivity contribution in [2.24, 2.45) is 0 Å². The summed E-state index contributed by atoms with van der Waals surface area (Å²) in [5, 5.41) is 23.4. The number of carbonyl (C=O) groups excluding carboxylic acids is 1. The summed E-state index contributed by atoms with van der Waals surface area (Å²) >= 11 is 0. The van der Waals surface area contributed by atoms with Gasteiger partial charge >= 0.3 is 5.69 Å². The fraction of sp³-hybridized carbons (Fsp3) is 0.462. The molecule has 0 unspecified atom stereocenters. The van der Waals surface area contributed by atoms with Gasteiger partial charge < -0.3 is 10.4 Å². The predicted octanol–water partition coefficient (Wildman–Crippen LogP) is 2.36. The number of nitro groups is 1. The van der Waals surface area contributed by atoms with E-state index < -0.39 is 22.3 Å². The molecule has 1 aromatic carbocycles. The molecule has 6 nitrogen and oxygen atoms in total. The molecule has 0 bridgehead atoms. The lowest BCUT2D eigenvalue weighted by molar-refractivity contribution is -0.385. The molecule has 1 fully saturated rings. The van der Waals surface area contributed by atoms with Crippen LogP contribution in [0.5, 0.6) is 5.75 Å². The molecule has 0 aliphatic heterocycles. The molecule has 1 aliphatic carbocycles. The number of amides is 1. The van der Waals surface area contributed by atoms with Gasteiger partial charge in [-0.25, -0.2) is 0 Å². The minimum absolute atomic E-state index is 0.0473. The van der Waals surface area contributed by atoms with Crippen molar-refractivity contribution in [3.63, 3.8) is 0 Å². The van der Waals surface area contributed by atoms with E-state index in [1.165, 1.54) is 18.2 Å². The second-order valence-electron chi connectivity index (χ2n) is 4.87. The molecular weight excluding hydrogens is 248 g/mol. The Morgan fingerprint density at radius 3 is 2.68 bits per heavy atom. The minimum atomic E-state index is -0.703. The van der Waals surface area contributed by atoms with E-state index in [4.69, 9.17) is 0 Å². The van der Waals surface area contributed by atoms with Crippen LogP contribution in [0.4, 0.5) is 5.69 Å². The van der Waals surface area contributed by atoms with Crippen molar-refractivity contribution in [2.75, 3.05) is 0 Å². The number of nitro benzene ring substituents is 1. The maximum Gasteiger partial charge on any atom is 0.311 e. The second-order valence-corrected chi connectivity index (χ2v) is 4.87. The Kier molecular flexibility index (Phi) is 3.42. The van der Waals surface area contributed by atoms with E-state index in [1.54, 1.807) is 0 Å². The first-order valence-electron chi connectivity index (χ1n) is 6.28. The standard InChI is InChI=1S/C13H16N2O4/c1-2-13(7-4-8-13)14-12(17)9-5-3-6-10(11(9)16)15(18)19/h3,5-6,16H,2,4,7-8H2,1H3,(H,14,17). The van der Waals surface area contributed by atoms with E-state index in [0.29, 0.717) is 0 Å². The van der Waals surface area contributed by atoms with Crippen molar-refractivity contribution >= 4 is 11.6 Å². The SMILES string of the molecule is CCC1(NC(=O)c2cccc([N+](=O)[O-])c2O)CCC1. The fourth-order valence-electron chi connectivity index (χ4n) is 2.34. The van der Waals surface area contributed by atoms with Gasteiger partial charge in [0.15, 0.2) is 0 Å². The van der Waals surface area contributed by atoms with Crippen LogP contribution in [0, 0.1) is 10.1 Å². The molecule has 0 heterocycles. The summed E-state index contributed by atoms with van der Waals surface area (Å²) in [7, 11) is 0. The summed E-state index contributed by atoms with van der Waals surface area (Å²) in [5.74, 6) is -1.03. The smallest absolute Gasteiger partial charge is 0.311 e. The van der Waals surface area contributed by atoms with Gasteiger partial charge in [0.05, 0.1) is 10.5 Å². The Balaban J connectivity index is 2.24. The predicted molar refractivity (Wildman–Crippen MR) is 69.1 cm³/mol. The van der Waals surface area contributed by atoms with Crippen LogP contribution < -0.4 is 5.32 Å². The summed E-state index contributed by atoms with van der Waals surface area (Å²) in [5.41, 5.74) is -0.713. The maximum atomic E-state index is 12.1. The fourth-order valence-corrected chi connectivity index (χ4v) is 2.34. The van der Waals surface area contributed by atoms with Gasteiger partial charge in [-0.3, -0.25) is 14.9 Å². The topological polar surface area (TPSA) is 92.5 Å². The normalized spacial score (nSPS) is 16.5. The van der Waals surface area contributed by atoms with Crippen molar-refractivity contribution in [2.45, 2.75) is 38.1 Å². The summed E-state index contributed by atoms with van der Waals surface area (Å²) < 4.78 is 0. The number of benzene rings is 1. The molecule has 0 radical (unpaired) electrons. The van der Waals surface area contributed by atoms with Gasteiger partial charge in [-0.15, -0.1) is 0 Å². The number of rotatable bonds is 4. The highest BCUT2D eigenvalue weighted by molar-refractivity contribution is 5.98. The largest absolute Gasteiger partial charge is 0.502 e. The Bertz CT molecular complexity index is 518. The lowest BCUT2D eigenvalue weighted by atomic mass is 9.74. The zero-order valence-corrected chi connectivity index (χ0v) is 10.7. The molecule has 1 saturated carbocycles. The molecule has 1 amide bonds. The Hall–Kier alpha value is -2.11. The zero-order valence-electron chi connectivity index (χ0n) is 10.7. The quantitative estimate of drug-likeness (QED) is 0.645. The van der Waals surface area contributed by atoms with Gasteiger partial charge in [0.2, 0.25) is 5.75 Å². The zero-order chi connectivity index (χ0) is 14.0. The first kappa shape index (κ1) is 13.3. The summed E-state index contributed by atoms with van der Waals surface area (Å²) in [6.45, 7) is 1.99. The van der Waals surface area contributed by atoms with Crippen molar-refractivity contribution in [3.8, 4) is 5.75 Å². The third kappa shape index (κ3) is 2.38. The minimum Gasteiger partial charge on any atom is -0.502 e. The van der Waals surface area contributed by atoms with Crippen LogP contribution in [0.25, 0.3) is 0 Å². The lowest BCUT2D eigenvalue weighted by Gasteiger charge is -2.42. The van der Waals surface area contributed by atoms with Crippen molar-refractivity contribution < 1.29 is 14.8 Å². The van der Waals surface area contributed by atoms with E-state index in [2.05, 4.69) is 5.32 Å². The Labute approximate surface area is 110 Å². The first-order chi connectivity index (χ1) is 8.99. The summed E-state index contributed by atoms with van der Waals surface area (Å²) in [4.78, 5) is 22.1. The van der Waals surface area contributed by atoms with Crippen molar-refractivity contribution in [1.82, 2.24) is 5.32 Å². The van der Waals surface area contributed by atoms with E-state index in [-0.39, 0.29) is 11.1 Å². The highest BCUT2D eigenvalue weighted by Crippen LogP contribution is 2.36. The molecule has 19 heavy (non-hydrogen) atoms.